The van der Waals surface area contributed by atoms with Crippen molar-refractivity contribution in [1.29, 1.82) is 0 Å². The summed E-state index contributed by atoms with van der Waals surface area (Å²) in [5.74, 6) is 0.953. The van der Waals surface area contributed by atoms with Gasteiger partial charge in [0.25, 0.3) is 0 Å². The van der Waals surface area contributed by atoms with Gasteiger partial charge in [-0.3, -0.25) is 4.79 Å². The molecule has 1 aromatic rings. The van der Waals surface area contributed by atoms with E-state index in [9.17, 15) is 9.59 Å². The molecule has 0 radical (unpaired) electrons. The van der Waals surface area contributed by atoms with Crippen molar-refractivity contribution in [2.45, 2.75) is 84.3 Å². The highest BCUT2D eigenvalue weighted by Crippen LogP contribution is 2.48. The third-order valence-electron chi connectivity index (χ3n) is 7.59. The van der Waals surface area contributed by atoms with E-state index in [1.807, 2.05) is 7.11 Å². The number of carbonyl (C=O) groups is 2. The zero-order valence-electron chi connectivity index (χ0n) is 18.4. The van der Waals surface area contributed by atoms with E-state index < -0.39 is 0 Å². The van der Waals surface area contributed by atoms with Gasteiger partial charge in [0.15, 0.2) is 5.78 Å². The van der Waals surface area contributed by atoms with Crippen LogP contribution in [0.15, 0.2) is 24.3 Å². The summed E-state index contributed by atoms with van der Waals surface area (Å²) < 4.78 is 11.3. The van der Waals surface area contributed by atoms with Crippen LogP contribution >= 0.6 is 0 Å². The molecule has 2 aliphatic rings. The van der Waals surface area contributed by atoms with Crippen molar-refractivity contribution >= 4 is 11.8 Å². The van der Waals surface area contributed by atoms with Crippen LogP contribution in [0.1, 0.15) is 92.9 Å². The van der Waals surface area contributed by atoms with E-state index in [1.165, 1.54) is 32.6 Å². The number of methoxy groups -OCH3 is 1. The monoisotopic (exact) mass is 400 g/mol. The highest BCUT2D eigenvalue weighted by atomic mass is 16.5. The van der Waals surface area contributed by atoms with Crippen molar-refractivity contribution in [3.63, 3.8) is 0 Å². The minimum Gasteiger partial charge on any atom is -0.459 e. The molecule has 0 amide bonds. The molecule has 2 aliphatic carbocycles. The number of benzene rings is 1. The topological polar surface area (TPSA) is 52.6 Å². The quantitative estimate of drug-likeness (QED) is 0.445. The Balaban J connectivity index is 1.54. The van der Waals surface area contributed by atoms with Crippen LogP contribution in [0.5, 0.6) is 0 Å². The van der Waals surface area contributed by atoms with E-state index in [-0.39, 0.29) is 17.9 Å². The molecule has 0 bridgehead atoms. The molecule has 3 rings (SSSR count). The van der Waals surface area contributed by atoms with E-state index in [2.05, 4.69) is 13.8 Å². The smallest absolute Gasteiger partial charge is 0.339 e. The maximum absolute atomic E-state index is 12.6. The van der Waals surface area contributed by atoms with Crippen molar-refractivity contribution < 1.29 is 19.1 Å². The van der Waals surface area contributed by atoms with Gasteiger partial charge in [0, 0.05) is 12.7 Å². The summed E-state index contributed by atoms with van der Waals surface area (Å²) in [4.78, 5) is 24.4. The second kappa shape index (κ2) is 9.42. The molecular formula is C25H36O4. The van der Waals surface area contributed by atoms with E-state index in [4.69, 9.17) is 9.47 Å². The Kier molecular flexibility index (Phi) is 7.15. The molecule has 0 saturated heterocycles. The van der Waals surface area contributed by atoms with Crippen LogP contribution in [0.25, 0.3) is 0 Å². The fourth-order valence-electron chi connectivity index (χ4n) is 5.48. The number of hydrogen-bond acceptors (Lipinski definition) is 4. The summed E-state index contributed by atoms with van der Waals surface area (Å²) in [5, 5.41) is 0. The van der Waals surface area contributed by atoms with Gasteiger partial charge in [-0.1, -0.05) is 32.0 Å². The zero-order valence-corrected chi connectivity index (χ0v) is 18.4. The van der Waals surface area contributed by atoms with Gasteiger partial charge >= 0.3 is 5.97 Å². The Morgan fingerprint density at radius 2 is 1.31 bits per heavy atom. The Hall–Kier alpha value is -1.68. The Bertz CT molecular complexity index is 707. The largest absolute Gasteiger partial charge is 0.459 e. The molecule has 2 saturated carbocycles. The Labute approximate surface area is 175 Å². The first-order valence-electron chi connectivity index (χ1n) is 11.2. The van der Waals surface area contributed by atoms with Crippen LogP contribution in [0, 0.1) is 17.3 Å². The van der Waals surface area contributed by atoms with Gasteiger partial charge in [0.2, 0.25) is 0 Å². The number of ketones is 1. The molecule has 160 valence electrons. The summed E-state index contributed by atoms with van der Waals surface area (Å²) in [6, 6.07) is 6.93. The molecule has 2 fully saturated rings. The maximum Gasteiger partial charge on any atom is 0.339 e. The lowest BCUT2D eigenvalue weighted by Crippen LogP contribution is -2.39. The van der Waals surface area contributed by atoms with E-state index in [0.29, 0.717) is 28.6 Å². The SMILES string of the molecule is COC1CCC(C(C)(C)C2CCC(OC(=O)c3ccccc3C(C)=O)CC2)CC1. The summed E-state index contributed by atoms with van der Waals surface area (Å²) in [5.41, 5.74) is 1.14. The number of Topliss-reactive ketones (excluding diaryl/α,β-unsaturated/α-hetero) is 1. The first-order valence-corrected chi connectivity index (χ1v) is 11.2. The summed E-state index contributed by atoms with van der Waals surface area (Å²) >= 11 is 0. The molecule has 0 aromatic heterocycles. The fourth-order valence-corrected chi connectivity index (χ4v) is 5.48. The Morgan fingerprint density at radius 3 is 1.79 bits per heavy atom. The second-order valence-electron chi connectivity index (χ2n) is 9.51. The van der Waals surface area contributed by atoms with Gasteiger partial charge in [0.1, 0.15) is 6.10 Å². The maximum atomic E-state index is 12.6. The van der Waals surface area contributed by atoms with Crippen LogP contribution in [0.2, 0.25) is 0 Å². The van der Waals surface area contributed by atoms with E-state index in [0.717, 1.165) is 31.6 Å². The average Bonchev–Trinajstić information content (AvgIpc) is 2.74. The molecule has 0 spiro atoms. The van der Waals surface area contributed by atoms with Gasteiger partial charge in [0.05, 0.1) is 11.7 Å². The lowest BCUT2D eigenvalue weighted by molar-refractivity contribution is -0.0187. The Morgan fingerprint density at radius 1 is 0.828 bits per heavy atom. The van der Waals surface area contributed by atoms with Crippen LogP contribution < -0.4 is 0 Å². The van der Waals surface area contributed by atoms with Gasteiger partial charge in [-0.15, -0.1) is 0 Å². The number of rotatable bonds is 6. The summed E-state index contributed by atoms with van der Waals surface area (Å²) in [6.45, 7) is 6.36. The van der Waals surface area contributed by atoms with Crippen molar-refractivity contribution in [3.8, 4) is 0 Å². The van der Waals surface area contributed by atoms with Gasteiger partial charge in [-0.05, 0) is 81.6 Å². The van der Waals surface area contributed by atoms with Crippen molar-refractivity contribution in [2.24, 2.45) is 17.3 Å². The fraction of sp³-hybridized carbons (Fsp3) is 0.680. The lowest BCUT2D eigenvalue weighted by Gasteiger charge is -2.46. The number of hydrogen-bond donors (Lipinski definition) is 0. The number of carbonyl (C=O) groups excluding carboxylic acids is 2. The minimum atomic E-state index is -0.364. The standard InChI is InChI=1S/C25H36O4/c1-17(26)22-7-5-6-8-23(22)24(27)29-21-15-11-19(12-16-21)25(2,3)18-9-13-20(28-4)14-10-18/h5-8,18-21H,9-16H2,1-4H3. The zero-order chi connectivity index (χ0) is 21.0. The molecule has 0 aliphatic heterocycles. The highest BCUT2D eigenvalue weighted by Gasteiger charge is 2.41. The van der Waals surface area contributed by atoms with E-state index >= 15 is 0 Å². The summed E-state index contributed by atoms with van der Waals surface area (Å²) in [6.07, 6.45) is 9.27. The predicted molar refractivity (Wildman–Crippen MR) is 114 cm³/mol. The van der Waals surface area contributed by atoms with Crippen LogP contribution in [0.3, 0.4) is 0 Å². The highest BCUT2D eigenvalue weighted by molar-refractivity contribution is 6.05. The number of esters is 1. The summed E-state index contributed by atoms with van der Waals surface area (Å²) in [7, 11) is 1.83. The van der Waals surface area contributed by atoms with Crippen LogP contribution in [-0.2, 0) is 9.47 Å². The average molecular weight is 401 g/mol. The first-order chi connectivity index (χ1) is 13.8. The molecule has 0 unspecified atom stereocenters. The molecule has 29 heavy (non-hydrogen) atoms. The van der Waals surface area contributed by atoms with Crippen molar-refractivity contribution in [1.82, 2.24) is 0 Å². The molecule has 0 atom stereocenters. The molecule has 1 aromatic carbocycles. The van der Waals surface area contributed by atoms with Crippen molar-refractivity contribution in [2.75, 3.05) is 7.11 Å². The molecule has 4 heteroatoms. The van der Waals surface area contributed by atoms with Gasteiger partial charge in [-0.25, -0.2) is 4.79 Å². The minimum absolute atomic E-state index is 0.0428. The van der Waals surface area contributed by atoms with Crippen molar-refractivity contribution in [3.05, 3.63) is 35.4 Å². The van der Waals surface area contributed by atoms with E-state index in [1.54, 1.807) is 24.3 Å². The molecular weight excluding hydrogens is 364 g/mol. The predicted octanol–water partition coefficient (Wildman–Crippen LogP) is 5.84. The second-order valence-corrected chi connectivity index (χ2v) is 9.51. The lowest BCUT2D eigenvalue weighted by atomic mass is 9.60. The van der Waals surface area contributed by atoms with Crippen LogP contribution in [-0.4, -0.2) is 31.1 Å². The van der Waals surface area contributed by atoms with Gasteiger partial charge in [-0.2, -0.15) is 0 Å². The van der Waals surface area contributed by atoms with Crippen LogP contribution in [0.4, 0.5) is 0 Å². The molecule has 0 N–H and O–H groups in total. The molecule has 0 heterocycles. The normalized spacial score (nSPS) is 28.0. The third-order valence-corrected chi connectivity index (χ3v) is 7.59. The third kappa shape index (κ3) is 5.09. The number of ether oxygens (including phenoxy) is 2. The first kappa shape index (κ1) is 22.0. The molecule has 4 nitrogen and oxygen atoms in total. The van der Waals surface area contributed by atoms with Gasteiger partial charge < -0.3 is 9.47 Å².